The predicted octanol–water partition coefficient (Wildman–Crippen LogP) is 1.37. The summed E-state index contributed by atoms with van der Waals surface area (Å²) < 4.78 is 6.43. The van der Waals surface area contributed by atoms with Crippen molar-refractivity contribution in [2.24, 2.45) is 7.05 Å². The number of hydrogen-bond acceptors (Lipinski definition) is 4. The Hall–Kier alpha value is -1.91. The summed E-state index contributed by atoms with van der Waals surface area (Å²) in [5, 5.41) is 5.02. The third-order valence-electron chi connectivity index (χ3n) is 2.50. The van der Waals surface area contributed by atoms with Gasteiger partial charge >= 0.3 is 5.97 Å². The van der Waals surface area contributed by atoms with Gasteiger partial charge in [-0.1, -0.05) is 0 Å². The van der Waals surface area contributed by atoms with Crippen molar-refractivity contribution in [1.29, 1.82) is 0 Å². The van der Waals surface area contributed by atoms with Crippen LogP contribution in [0.2, 0.25) is 0 Å². The molecule has 0 aromatic carbocycles. The number of methoxy groups -OCH3 is 1. The van der Waals surface area contributed by atoms with E-state index in [-0.39, 0.29) is 5.97 Å². The highest BCUT2D eigenvalue weighted by atomic mass is 16.5. The second kappa shape index (κ2) is 3.59. The number of nitrogens with zero attached hydrogens (tertiary/aromatic N) is 3. The van der Waals surface area contributed by atoms with Gasteiger partial charge in [-0.05, 0) is 19.9 Å². The second-order valence-corrected chi connectivity index (χ2v) is 3.71. The van der Waals surface area contributed by atoms with Crippen LogP contribution in [0.3, 0.4) is 0 Å². The van der Waals surface area contributed by atoms with E-state index >= 15 is 0 Å². The summed E-state index contributed by atoms with van der Waals surface area (Å²) in [6.45, 7) is 3.69. The van der Waals surface area contributed by atoms with E-state index in [0.717, 1.165) is 16.8 Å². The molecule has 2 aromatic heterocycles. The van der Waals surface area contributed by atoms with Crippen LogP contribution in [-0.4, -0.2) is 27.8 Å². The molecule has 0 radical (unpaired) electrons. The highest BCUT2D eigenvalue weighted by Gasteiger charge is 2.17. The van der Waals surface area contributed by atoms with Crippen molar-refractivity contribution in [2.75, 3.05) is 7.11 Å². The van der Waals surface area contributed by atoms with E-state index in [1.165, 1.54) is 7.11 Å². The van der Waals surface area contributed by atoms with Gasteiger partial charge in [-0.3, -0.25) is 4.68 Å². The van der Waals surface area contributed by atoms with Crippen LogP contribution in [0, 0.1) is 13.8 Å². The smallest absolute Gasteiger partial charge is 0.338 e. The number of carbonyl (C=O) groups is 1. The van der Waals surface area contributed by atoms with Crippen LogP contribution >= 0.6 is 0 Å². The van der Waals surface area contributed by atoms with E-state index in [2.05, 4.69) is 10.1 Å². The predicted molar refractivity (Wildman–Crippen MR) is 59.3 cm³/mol. The van der Waals surface area contributed by atoms with Crippen molar-refractivity contribution >= 4 is 17.0 Å². The molecule has 5 nitrogen and oxygen atoms in total. The van der Waals surface area contributed by atoms with Crippen molar-refractivity contribution in [1.82, 2.24) is 14.8 Å². The Morgan fingerprint density at radius 1 is 1.44 bits per heavy atom. The number of carbonyl (C=O) groups excluding carboxylic acids is 1. The summed E-state index contributed by atoms with van der Waals surface area (Å²) in [5.41, 5.74) is 2.79. The van der Waals surface area contributed by atoms with Gasteiger partial charge in [0.2, 0.25) is 0 Å². The molecule has 5 heteroatoms. The number of ether oxygens (including phenoxy) is 1. The van der Waals surface area contributed by atoms with Crippen LogP contribution in [0.4, 0.5) is 0 Å². The maximum Gasteiger partial charge on any atom is 0.338 e. The average molecular weight is 219 g/mol. The molecule has 16 heavy (non-hydrogen) atoms. The Morgan fingerprint density at radius 2 is 2.12 bits per heavy atom. The molecule has 2 aromatic rings. The molecule has 0 saturated carbocycles. The number of hydrogen-bond donors (Lipinski definition) is 0. The topological polar surface area (TPSA) is 57.0 Å². The maximum absolute atomic E-state index is 11.7. The largest absolute Gasteiger partial charge is 0.465 e. The zero-order chi connectivity index (χ0) is 11.9. The van der Waals surface area contributed by atoms with Gasteiger partial charge in [0.15, 0.2) is 5.65 Å². The highest BCUT2D eigenvalue weighted by molar-refractivity contribution is 6.03. The van der Waals surface area contributed by atoms with Crippen LogP contribution in [0.25, 0.3) is 11.0 Å². The molecule has 84 valence electrons. The summed E-state index contributed by atoms with van der Waals surface area (Å²) >= 11 is 0. The van der Waals surface area contributed by atoms with E-state index < -0.39 is 0 Å². The number of fused-ring (bicyclic) bond motifs is 1. The summed E-state index contributed by atoms with van der Waals surface area (Å²) in [4.78, 5) is 16.0. The Morgan fingerprint density at radius 3 is 2.75 bits per heavy atom. The molecule has 0 fully saturated rings. The van der Waals surface area contributed by atoms with Crippen LogP contribution in [0.1, 0.15) is 21.7 Å². The van der Waals surface area contributed by atoms with E-state index in [1.54, 1.807) is 10.7 Å². The minimum absolute atomic E-state index is 0.355. The van der Waals surface area contributed by atoms with Crippen molar-refractivity contribution in [2.45, 2.75) is 13.8 Å². The fraction of sp³-hybridized carbons (Fsp3) is 0.364. The molecular weight excluding hydrogens is 206 g/mol. The van der Waals surface area contributed by atoms with E-state index in [9.17, 15) is 4.79 Å². The number of aryl methyl sites for hydroxylation is 3. The molecule has 0 bridgehead atoms. The van der Waals surface area contributed by atoms with Crippen molar-refractivity contribution in [3.8, 4) is 0 Å². The molecule has 0 spiro atoms. The average Bonchev–Trinajstić information content (AvgIpc) is 2.52. The van der Waals surface area contributed by atoms with Crippen LogP contribution in [0.15, 0.2) is 6.07 Å². The Labute approximate surface area is 93.0 Å². The summed E-state index contributed by atoms with van der Waals surface area (Å²) in [6, 6.07) is 1.73. The maximum atomic E-state index is 11.7. The van der Waals surface area contributed by atoms with Gasteiger partial charge < -0.3 is 4.74 Å². The molecule has 0 unspecified atom stereocenters. The normalized spacial score (nSPS) is 10.8. The first-order valence-electron chi connectivity index (χ1n) is 4.94. The van der Waals surface area contributed by atoms with E-state index in [4.69, 9.17) is 4.74 Å². The monoisotopic (exact) mass is 219 g/mol. The van der Waals surface area contributed by atoms with Crippen LogP contribution < -0.4 is 0 Å². The zero-order valence-corrected chi connectivity index (χ0v) is 9.74. The van der Waals surface area contributed by atoms with Gasteiger partial charge in [-0.15, -0.1) is 0 Å². The van der Waals surface area contributed by atoms with Crippen LogP contribution in [0.5, 0.6) is 0 Å². The standard InChI is InChI=1S/C11H13N3O2/c1-6-5-8(11(15)16-4)9-7(2)13-14(3)10(9)12-6/h5H,1-4H3. The van der Waals surface area contributed by atoms with E-state index in [0.29, 0.717) is 11.2 Å². The lowest BCUT2D eigenvalue weighted by Gasteiger charge is -2.03. The lowest BCUT2D eigenvalue weighted by atomic mass is 10.1. The molecular formula is C11H13N3O2. The van der Waals surface area contributed by atoms with Gasteiger partial charge in [0.05, 0.1) is 23.8 Å². The third-order valence-corrected chi connectivity index (χ3v) is 2.50. The lowest BCUT2D eigenvalue weighted by Crippen LogP contribution is -2.04. The molecule has 2 heterocycles. The summed E-state index contributed by atoms with van der Waals surface area (Å²) in [6.07, 6.45) is 0. The summed E-state index contributed by atoms with van der Waals surface area (Å²) in [5.74, 6) is -0.355. The van der Waals surface area contributed by atoms with Gasteiger partial charge in [-0.2, -0.15) is 5.10 Å². The molecule has 0 aliphatic carbocycles. The summed E-state index contributed by atoms with van der Waals surface area (Å²) in [7, 11) is 3.18. The lowest BCUT2D eigenvalue weighted by molar-refractivity contribution is 0.0602. The van der Waals surface area contributed by atoms with Gasteiger partial charge in [-0.25, -0.2) is 9.78 Å². The highest BCUT2D eigenvalue weighted by Crippen LogP contribution is 2.21. The Bertz CT molecular complexity index is 572. The number of rotatable bonds is 1. The molecule has 0 amide bonds. The molecule has 2 rings (SSSR count). The Kier molecular flexibility index (Phi) is 2.38. The fourth-order valence-electron chi connectivity index (χ4n) is 1.84. The van der Waals surface area contributed by atoms with Crippen molar-refractivity contribution in [3.05, 3.63) is 23.0 Å². The van der Waals surface area contributed by atoms with Gasteiger partial charge in [0.25, 0.3) is 0 Å². The van der Waals surface area contributed by atoms with Gasteiger partial charge in [0, 0.05) is 12.7 Å². The third kappa shape index (κ3) is 1.44. The molecule has 0 saturated heterocycles. The van der Waals surface area contributed by atoms with E-state index in [1.807, 2.05) is 20.9 Å². The molecule has 0 atom stereocenters. The number of esters is 1. The minimum atomic E-state index is -0.355. The van der Waals surface area contributed by atoms with Crippen LogP contribution in [-0.2, 0) is 11.8 Å². The first-order valence-corrected chi connectivity index (χ1v) is 4.94. The van der Waals surface area contributed by atoms with Gasteiger partial charge in [0.1, 0.15) is 0 Å². The fourth-order valence-corrected chi connectivity index (χ4v) is 1.84. The number of pyridine rings is 1. The first kappa shape index (κ1) is 10.6. The SMILES string of the molecule is COC(=O)c1cc(C)nc2c1c(C)nn2C. The zero-order valence-electron chi connectivity index (χ0n) is 9.74. The first-order chi connectivity index (χ1) is 7.54. The Balaban J connectivity index is 2.86. The second-order valence-electron chi connectivity index (χ2n) is 3.71. The molecule has 0 aliphatic rings. The minimum Gasteiger partial charge on any atom is -0.465 e. The van der Waals surface area contributed by atoms with Crippen molar-refractivity contribution < 1.29 is 9.53 Å². The quantitative estimate of drug-likeness (QED) is 0.680. The number of aromatic nitrogens is 3. The molecule has 0 aliphatic heterocycles. The van der Waals surface area contributed by atoms with Crippen molar-refractivity contribution in [3.63, 3.8) is 0 Å². The molecule has 0 N–H and O–H groups in total.